The zero-order chi connectivity index (χ0) is 15.5. The average Bonchev–Trinajstić information content (AvgIpc) is 3.18. The van der Waals surface area contributed by atoms with Gasteiger partial charge in [-0.1, -0.05) is 33.1 Å². The van der Waals surface area contributed by atoms with Crippen LogP contribution in [0.2, 0.25) is 0 Å². The van der Waals surface area contributed by atoms with Crippen molar-refractivity contribution in [1.29, 1.82) is 0 Å². The lowest BCUT2D eigenvalue weighted by Gasteiger charge is -2.35. The summed E-state index contributed by atoms with van der Waals surface area (Å²) in [6.07, 6.45) is 12.0. The van der Waals surface area contributed by atoms with Crippen LogP contribution in [0.1, 0.15) is 89.5 Å². The fraction of sp³-hybridized carbons (Fsp3) is 0.941. The molecule has 124 valence electrons. The van der Waals surface area contributed by atoms with Crippen molar-refractivity contribution in [3.05, 3.63) is 5.82 Å². The van der Waals surface area contributed by atoms with Gasteiger partial charge < -0.3 is 4.90 Å². The third-order valence-electron chi connectivity index (χ3n) is 5.87. The van der Waals surface area contributed by atoms with Gasteiger partial charge in [-0.3, -0.25) is 0 Å². The molecule has 1 heterocycles. The highest BCUT2D eigenvalue weighted by Crippen LogP contribution is 2.31. The van der Waals surface area contributed by atoms with Crippen molar-refractivity contribution in [1.82, 2.24) is 20.2 Å². The van der Waals surface area contributed by atoms with E-state index in [4.69, 9.17) is 0 Å². The van der Waals surface area contributed by atoms with Gasteiger partial charge in [0.15, 0.2) is 6.04 Å². The SMILES string of the molecule is CC(C)[C@@H](c1nnnn1C1CCCC1)[NH+](C)C1CCCCC1. The van der Waals surface area contributed by atoms with Crippen LogP contribution in [0.4, 0.5) is 0 Å². The molecule has 2 fully saturated rings. The summed E-state index contributed by atoms with van der Waals surface area (Å²) in [7, 11) is 2.37. The van der Waals surface area contributed by atoms with Gasteiger partial charge in [-0.15, -0.1) is 5.10 Å². The lowest BCUT2D eigenvalue weighted by atomic mass is 9.91. The monoisotopic (exact) mass is 306 g/mol. The number of tetrazole rings is 1. The number of hydrogen-bond donors (Lipinski definition) is 1. The Morgan fingerprint density at radius 1 is 1.00 bits per heavy atom. The van der Waals surface area contributed by atoms with Crippen molar-refractivity contribution in [2.24, 2.45) is 5.92 Å². The normalized spacial score (nSPS) is 24.0. The Labute approximate surface area is 134 Å². The molecule has 1 unspecified atom stereocenters. The summed E-state index contributed by atoms with van der Waals surface area (Å²) in [6, 6.07) is 1.72. The highest BCUT2D eigenvalue weighted by atomic mass is 15.6. The third kappa shape index (κ3) is 3.19. The predicted molar refractivity (Wildman–Crippen MR) is 86.7 cm³/mol. The lowest BCUT2D eigenvalue weighted by molar-refractivity contribution is -0.943. The summed E-state index contributed by atoms with van der Waals surface area (Å²) in [5.74, 6) is 1.69. The standard InChI is InChI=1S/C17H31N5/c1-13(2)16(21(3)14-9-5-4-6-10-14)17-18-19-20-22(17)15-11-7-8-12-15/h13-16H,4-12H2,1-3H3/p+1/t16-/m0/s1. The van der Waals surface area contributed by atoms with Crippen LogP contribution in [0.3, 0.4) is 0 Å². The fourth-order valence-electron chi connectivity index (χ4n) is 4.65. The van der Waals surface area contributed by atoms with Gasteiger partial charge in [0, 0.05) is 5.92 Å². The molecule has 22 heavy (non-hydrogen) atoms. The van der Waals surface area contributed by atoms with Crippen LogP contribution in [-0.4, -0.2) is 33.3 Å². The van der Waals surface area contributed by atoms with E-state index in [9.17, 15) is 0 Å². The Balaban J connectivity index is 1.83. The van der Waals surface area contributed by atoms with E-state index in [1.54, 1.807) is 4.90 Å². The van der Waals surface area contributed by atoms with E-state index in [1.807, 2.05) is 0 Å². The molecule has 2 atom stereocenters. The van der Waals surface area contributed by atoms with Crippen LogP contribution in [0.15, 0.2) is 0 Å². The second-order valence-corrected chi connectivity index (χ2v) is 7.72. The maximum absolute atomic E-state index is 4.48. The molecule has 3 rings (SSSR count). The summed E-state index contributed by atoms with van der Waals surface area (Å²) < 4.78 is 2.17. The molecule has 1 aromatic heterocycles. The van der Waals surface area contributed by atoms with Gasteiger partial charge in [-0.2, -0.15) is 0 Å². The maximum atomic E-state index is 4.48. The maximum Gasteiger partial charge on any atom is 0.209 e. The van der Waals surface area contributed by atoms with E-state index in [-0.39, 0.29) is 0 Å². The Morgan fingerprint density at radius 2 is 1.64 bits per heavy atom. The van der Waals surface area contributed by atoms with Gasteiger partial charge in [0.25, 0.3) is 0 Å². The first-order valence-corrected chi connectivity index (χ1v) is 9.29. The molecular weight excluding hydrogens is 274 g/mol. The zero-order valence-corrected chi connectivity index (χ0v) is 14.5. The minimum absolute atomic E-state index is 0.415. The number of nitrogens with zero attached hydrogens (tertiary/aromatic N) is 4. The van der Waals surface area contributed by atoms with Gasteiger partial charge in [0.05, 0.1) is 19.1 Å². The smallest absolute Gasteiger partial charge is 0.209 e. The highest BCUT2D eigenvalue weighted by Gasteiger charge is 2.36. The van der Waals surface area contributed by atoms with Crippen LogP contribution in [0.25, 0.3) is 0 Å². The van der Waals surface area contributed by atoms with Crippen LogP contribution in [-0.2, 0) is 0 Å². The van der Waals surface area contributed by atoms with Crippen molar-refractivity contribution < 1.29 is 4.90 Å². The van der Waals surface area contributed by atoms with E-state index >= 15 is 0 Å². The van der Waals surface area contributed by atoms with Crippen molar-refractivity contribution in [2.75, 3.05) is 7.05 Å². The molecule has 0 aromatic carbocycles. The second-order valence-electron chi connectivity index (χ2n) is 7.72. The van der Waals surface area contributed by atoms with Crippen molar-refractivity contribution in [3.8, 4) is 0 Å². The van der Waals surface area contributed by atoms with Crippen molar-refractivity contribution in [2.45, 2.75) is 89.8 Å². The van der Waals surface area contributed by atoms with Gasteiger partial charge >= 0.3 is 0 Å². The molecule has 0 spiro atoms. The van der Waals surface area contributed by atoms with E-state index in [2.05, 4.69) is 41.1 Å². The van der Waals surface area contributed by atoms with Gasteiger partial charge in [-0.25, -0.2) is 4.68 Å². The Kier molecular flexibility index (Phi) is 5.11. The first kappa shape index (κ1) is 15.9. The molecule has 0 saturated heterocycles. The van der Waals surface area contributed by atoms with Crippen LogP contribution < -0.4 is 4.90 Å². The summed E-state index contributed by atoms with van der Waals surface area (Å²) in [6.45, 7) is 4.65. The largest absolute Gasteiger partial charge is 0.326 e. The van der Waals surface area contributed by atoms with Crippen molar-refractivity contribution in [3.63, 3.8) is 0 Å². The van der Waals surface area contributed by atoms with Crippen LogP contribution >= 0.6 is 0 Å². The first-order valence-electron chi connectivity index (χ1n) is 9.29. The van der Waals surface area contributed by atoms with E-state index in [0.29, 0.717) is 18.0 Å². The summed E-state index contributed by atoms with van der Waals surface area (Å²) >= 11 is 0. The molecule has 5 nitrogen and oxygen atoms in total. The molecule has 2 aliphatic rings. The molecule has 0 radical (unpaired) electrons. The number of nitrogens with one attached hydrogen (secondary N) is 1. The molecule has 0 bridgehead atoms. The topological polar surface area (TPSA) is 48.0 Å². The first-order chi connectivity index (χ1) is 10.7. The minimum Gasteiger partial charge on any atom is -0.326 e. The molecule has 0 aliphatic heterocycles. The van der Waals surface area contributed by atoms with Gasteiger partial charge in [0.2, 0.25) is 5.82 Å². The predicted octanol–water partition coefficient (Wildman–Crippen LogP) is 2.33. The Hall–Kier alpha value is -0.970. The summed E-state index contributed by atoms with van der Waals surface area (Å²) in [5.41, 5.74) is 0. The van der Waals surface area contributed by atoms with Crippen molar-refractivity contribution >= 4 is 0 Å². The second kappa shape index (κ2) is 7.07. The quantitative estimate of drug-likeness (QED) is 0.908. The highest BCUT2D eigenvalue weighted by molar-refractivity contribution is 4.93. The lowest BCUT2D eigenvalue weighted by Crippen LogP contribution is -3.14. The Morgan fingerprint density at radius 3 is 2.27 bits per heavy atom. The minimum atomic E-state index is 0.415. The molecule has 2 aliphatic carbocycles. The van der Waals surface area contributed by atoms with Crippen LogP contribution in [0, 0.1) is 5.92 Å². The Bertz CT molecular complexity index is 457. The van der Waals surface area contributed by atoms with Gasteiger partial charge in [-0.05, 0) is 49.0 Å². The fourth-order valence-corrected chi connectivity index (χ4v) is 4.65. The number of hydrogen-bond acceptors (Lipinski definition) is 3. The number of quaternary nitrogens is 1. The molecule has 1 aromatic rings. The molecule has 1 N–H and O–H groups in total. The van der Waals surface area contributed by atoms with Gasteiger partial charge in [0.1, 0.15) is 0 Å². The molecule has 5 heteroatoms. The van der Waals surface area contributed by atoms with E-state index < -0.39 is 0 Å². The molecular formula is C17H32N5+. The third-order valence-corrected chi connectivity index (χ3v) is 5.87. The van der Waals surface area contributed by atoms with E-state index in [1.165, 1.54) is 57.8 Å². The number of aromatic nitrogens is 4. The summed E-state index contributed by atoms with van der Waals surface area (Å²) in [5, 5.41) is 12.9. The van der Waals surface area contributed by atoms with Crippen LogP contribution in [0.5, 0.6) is 0 Å². The number of rotatable bonds is 5. The molecule has 2 saturated carbocycles. The molecule has 0 amide bonds. The zero-order valence-electron chi connectivity index (χ0n) is 14.5. The summed E-state index contributed by atoms with van der Waals surface area (Å²) in [4.78, 5) is 1.63. The average molecular weight is 306 g/mol. The van der Waals surface area contributed by atoms with E-state index in [0.717, 1.165) is 11.9 Å².